The number of aryl methyl sites for hydroxylation is 1. The van der Waals surface area contributed by atoms with E-state index < -0.39 is 5.82 Å². The maximum absolute atomic E-state index is 13.2. The van der Waals surface area contributed by atoms with Crippen LogP contribution in [0.3, 0.4) is 0 Å². The number of nitrogens with zero attached hydrogens (tertiary/aromatic N) is 3. The lowest BCUT2D eigenvalue weighted by Crippen LogP contribution is -2.40. The molecule has 1 saturated heterocycles. The monoisotopic (exact) mass is 395 g/mol. The number of hydrogen-bond acceptors (Lipinski definition) is 4. The van der Waals surface area contributed by atoms with Crippen LogP contribution in [0.4, 0.5) is 10.1 Å². The normalized spacial score (nSPS) is 18.6. The summed E-state index contributed by atoms with van der Waals surface area (Å²) in [6.45, 7) is 1.17. The molecule has 1 aromatic carbocycles. The molecule has 2 heterocycles. The topological polar surface area (TPSA) is 79.3 Å². The van der Waals surface area contributed by atoms with Crippen molar-refractivity contribution in [3.63, 3.8) is 0 Å². The second-order valence-electron chi connectivity index (χ2n) is 6.57. The standard InChI is InChI=1S/C18H22FN5O2.ClH/c1-23(11-17(25)22-14-5-3-4-13(19)6-14)18(26)16-9-20-8-15(16)12-7-21-24(2)10-12;/h3-7,10,15-16,20H,8-9,11H2,1-2H3,(H,22,25);1H/t15-,16+;/m1./s1. The minimum atomic E-state index is -0.427. The van der Waals surface area contributed by atoms with Gasteiger partial charge >= 0.3 is 0 Å². The molecule has 1 aliphatic rings. The van der Waals surface area contributed by atoms with Gasteiger partial charge in [0.15, 0.2) is 0 Å². The Morgan fingerprint density at radius 1 is 1.41 bits per heavy atom. The zero-order valence-electron chi connectivity index (χ0n) is 15.2. The van der Waals surface area contributed by atoms with Crippen LogP contribution in [-0.4, -0.2) is 53.2 Å². The Hall–Kier alpha value is -2.45. The van der Waals surface area contributed by atoms with E-state index >= 15 is 0 Å². The van der Waals surface area contributed by atoms with E-state index in [2.05, 4.69) is 15.7 Å². The van der Waals surface area contributed by atoms with E-state index in [1.807, 2.05) is 13.2 Å². The van der Waals surface area contributed by atoms with Crippen LogP contribution in [0.25, 0.3) is 0 Å². The molecule has 2 atom stereocenters. The van der Waals surface area contributed by atoms with Gasteiger partial charge < -0.3 is 15.5 Å². The van der Waals surface area contributed by atoms with Crippen molar-refractivity contribution in [2.45, 2.75) is 5.92 Å². The van der Waals surface area contributed by atoms with Crippen molar-refractivity contribution in [3.8, 4) is 0 Å². The average molecular weight is 396 g/mol. The molecule has 7 nitrogen and oxygen atoms in total. The molecule has 0 radical (unpaired) electrons. The maximum Gasteiger partial charge on any atom is 0.243 e. The number of aromatic nitrogens is 2. The molecule has 0 aliphatic carbocycles. The summed E-state index contributed by atoms with van der Waals surface area (Å²) < 4.78 is 14.9. The van der Waals surface area contributed by atoms with Gasteiger partial charge in [-0.15, -0.1) is 12.4 Å². The minimum absolute atomic E-state index is 0. The summed E-state index contributed by atoms with van der Waals surface area (Å²) in [6.07, 6.45) is 3.68. The predicted octanol–water partition coefficient (Wildman–Crippen LogP) is 1.38. The van der Waals surface area contributed by atoms with Crippen LogP contribution in [0.2, 0.25) is 0 Å². The summed E-state index contributed by atoms with van der Waals surface area (Å²) in [5.74, 6) is -1.10. The average Bonchev–Trinajstić information content (AvgIpc) is 3.22. The summed E-state index contributed by atoms with van der Waals surface area (Å²) in [5, 5.41) is 10.0. The molecular formula is C18H23ClFN5O2. The van der Waals surface area contributed by atoms with Gasteiger partial charge in [-0.2, -0.15) is 5.10 Å². The molecule has 9 heteroatoms. The summed E-state index contributed by atoms with van der Waals surface area (Å²) in [6, 6.07) is 5.65. The Bertz CT molecular complexity index is 813. The second kappa shape index (κ2) is 8.96. The number of nitrogens with one attached hydrogen (secondary N) is 2. The van der Waals surface area contributed by atoms with E-state index in [1.165, 1.54) is 23.1 Å². The molecule has 1 aliphatic heterocycles. The molecule has 2 aromatic rings. The molecule has 3 rings (SSSR count). The third kappa shape index (κ3) is 5.05. The third-order valence-electron chi connectivity index (χ3n) is 4.55. The molecule has 0 bridgehead atoms. The fourth-order valence-corrected chi connectivity index (χ4v) is 3.26. The zero-order chi connectivity index (χ0) is 18.7. The van der Waals surface area contributed by atoms with Gasteiger partial charge in [0.2, 0.25) is 11.8 Å². The Morgan fingerprint density at radius 2 is 2.19 bits per heavy atom. The predicted molar refractivity (Wildman–Crippen MR) is 102 cm³/mol. The summed E-state index contributed by atoms with van der Waals surface area (Å²) in [7, 11) is 3.44. The first-order valence-electron chi connectivity index (χ1n) is 8.43. The Morgan fingerprint density at radius 3 is 2.85 bits per heavy atom. The van der Waals surface area contributed by atoms with Crippen molar-refractivity contribution in [1.29, 1.82) is 0 Å². The lowest BCUT2D eigenvalue weighted by molar-refractivity contribution is -0.136. The number of carbonyl (C=O) groups is 2. The van der Waals surface area contributed by atoms with Gasteiger partial charge in [0.05, 0.1) is 18.7 Å². The number of benzene rings is 1. The summed E-state index contributed by atoms with van der Waals surface area (Å²) in [5.41, 5.74) is 1.38. The number of anilines is 1. The van der Waals surface area contributed by atoms with Crippen LogP contribution < -0.4 is 10.6 Å². The van der Waals surface area contributed by atoms with Crippen molar-refractivity contribution in [2.75, 3.05) is 32.0 Å². The largest absolute Gasteiger partial charge is 0.336 e. The van der Waals surface area contributed by atoms with E-state index in [1.54, 1.807) is 24.0 Å². The highest BCUT2D eigenvalue weighted by molar-refractivity contribution is 5.95. The smallest absolute Gasteiger partial charge is 0.243 e. The molecule has 1 fully saturated rings. The van der Waals surface area contributed by atoms with Gasteiger partial charge in [0.25, 0.3) is 0 Å². The number of rotatable bonds is 5. The highest BCUT2D eigenvalue weighted by Crippen LogP contribution is 2.29. The highest BCUT2D eigenvalue weighted by atomic mass is 35.5. The lowest BCUT2D eigenvalue weighted by atomic mass is 9.90. The lowest BCUT2D eigenvalue weighted by Gasteiger charge is -2.23. The molecule has 0 spiro atoms. The molecule has 2 amide bonds. The first-order valence-corrected chi connectivity index (χ1v) is 8.43. The number of hydrogen-bond donors (Lipinski definition) is 2. The number of halogens is 2. The van der Waals surface area contributed by atoms with Crippen LogP contribution >= 0.6 is 12.4 Å². The molecule has 27 heavy (non-hydrogen) atoms. The van der Waals surface area contributed by atoms with Crippen molar-refractivity contribution in [1.82, 2.24) is 20.0 Å². The Balaban J connectivity index is 0.00000261. The summed E-state index contributed by atoms with van der Waals surface area (Å²) in [4.78, 5) is 26.4. The number of likely N-dealkylation sites (N-methyl/N-ethyl adjacent to an activating group) is 1. The van der Waals surface area contributed by atoms with Gasteiger partial charge in [0, 0.05) is 45.0 Å². The van der Waals surface area contributed by atoms with Crippen LogP contribution in [0.5, 0.6) is 0 Å². The Kier molecular flexibility index (Phi) is 6.92. The summed E-state index contributed by atoms with van der Waals surface area (Å²) >= 11 is 0. The number of carbonyl (C=O) groups excluding carboxylic acids is 2. The van der Waals surface area contributed by atoms with Gasteiger partial charge in [-0.25, -0.2) is 4.39 Å². The SMILES string of the molecule is CN(CC(=O)Nc1cccc(F)c1)C(=O)[C@H]1CNC[C@@H]1c1cnn(C)c1.Cl. The third-order valence-corrected chi connectivity index (χ3v) is 4.55. The van der Waals surface area contributed by atoms with E-state index in [-0.39, 0.29) is 42.6 Å². The molecule has 1 aromatic heterocycles. The first kappa shape index (κ1) is 20.9. The fourth-order valence-electron chi connectivity index (χ4n) is 3.26. The first-order chi connectivity index (χ1) is 12.4. The molecule has 0 unspecified atom stereocenters. The molecule has 2 N–H and O–H groups in total. The minimum Gasteiger partial charge on any atom is -0.336 e. The quantitative estimate of drug-likeness (QED) is 0.801. The van der Waals surface area contributed by atoms with Crippen LogP contribution in [0, 0.1) is 11.7 Å². The van der Waals surface area contributed by atoms with E-state index in [0.29, 0.717) is 18.8 Å². The van der Waals surface area contributed by atoms with Crippen LogP contribution in [-0.2, 0) is 16.6 Å². The molecule has 146 valence electrons. The highest BCUT2D eigenvalue weighted by Gasteiger charge is 2.36. The van der Waals surface area contributed by atoms with Crippen molar-refractivity contribution >= 4 is 29.9 Å². The number of amides is 2. The van der Waals surface area contributed by atoms with Gasteiger partial charge in [-0.05, 0) is 23.8 Å². The fraction of sp³-hybridized carbons (Fsp3) is 0.389. The van der Waals surface area contributed by atoms with Crippen molar-refractivity contribution in [2.24, 2.45) is 13.0 Å². The van der Waals surface area contributed by atoms with Gasteiger partial charge in [0.1, 0.15) is 5.82 Å². The van der Waals surface area contributed by atoms with Crippen molar-refractivity contribution in [3.05, 3.63) is 48.0 Å². The second-order valence-corrected chi connectivity index (χ2v) is 6.57. The van der Waals surface area contributed by atoms with E-state index in [4.69, 9.17) is 0 Å². The van der Waals surface area contributed by atoms with E-state index in [9.17, 15) is 14.0 Å². The molecular weight excluding hydrogens is 373 g/mol. The van der Waals surface area contributed by atoms with Crippen LogP contribution in [0.1, 0.15) is 11.5 Å². The van der Waals surface area contributed by atoms with Gasteiger partial charge in [-0.3, -0.25) is 14.3 Å². The van der Waals surface area contributed by atoms with Crippen molar-refractivity contribution < 1.29 is 14.0 Å². The Labute approximate surface area is 163 Å². The molecule has 0 saturated carbocycles. The van der Waals surface area contributed by atoms with E-state index in [0.717, 1.165) is 5.56 Å². The van der Waals surface area contributed by atoms with Gasteiger partial charge in [-0.1, -0.05) is 6.07 Å². The maximum atomic E-state index is 13.2. The van der Waals surface area contributed by atoms with Crippen LogP contribution in [0.15, 0.2) is 36.7 Å². The zero-order valence-corrected chi connectivity index (χ0v) is 16.0.